The van der Waals surface area contributed by atoms with Crippen LogP contribution in [-0.2, 0) is 15.0 Å². The Morgan fingerprint density at radius 1 is 1.10 bits per heavy atom. The summed E-state index contributed by atoms with van der Waals surface area (Å²) in [7, 11) is 1.50. The molecule has 1 aliphatic heterocycles. The lowest BCUT2D eigenvalue weighted by Crippen LogP contribution is -2.30. The van der Waals surface area contributed by atoms with Gasteiger partial charge in [0.05, 0.1) is 24.3 Å². The van der Waals surface area contributed by atoms with Gasteiger partial charge in [0, 0.05) is 6.54 Å². The fourth-order valence-electron chi connectivity index (χ4n) is 3.86. The first-order chi connectivity index (χ1) is 14.6. The highest BCUT2D eigenvalue weighted by Gasteiger charge is 2.46. The van der Waals surface area contributed by atoms with E-state index in [1.54, 1.807) is 24.3 Å². The van der Waals surface area contributed by atoms with Crippen molar-refractivity contribution < 1.29 is 24.5 Å². The molecule has 6 nitrogen and oxygen atoms in total. The van der Waals surface area contributed by atoms with Crippen LogP contribution in [0.25, 0.3) is 5.76 Å². The zero-order valence-corrected chi connectivity index (χ0v) is 18.6. The van der Waals surface area contributed by atoms with Crippen molar-refractivity contribution in [1.29, 1.82) is 0 Å². The molecule has 0 spiro atoms. The van der Waals surface area contributed by atoms with E-state index in [0.717, 1.165) is 5.56 Å². The number of rotatable bonds is 5. The van der Waals surface area contributed by atoms with E-state index in [2.05, 4.69) is 20.8 Å². The Labute approximate surface area is 182 Å². The molecule has 31 heavy (non-hydrogen) atoms. The average molecular weight is 424 g/mol. The van der Waals surface area contributed by atoms with E-state index in [4.69, 9.17) is 4.74 Å². The first kappa shape index (κ1) is 22.4. The third kappa shape index (κ3) is 4.15. The number of ketones is 1. The minimum absolute atomic E-state index is 0.0218. The number of Topliss-reactive ketones (excluding diaryl/α,β-unsaturated/α-hetero) is 1. The van der Waals surface area contributed by atoms with Crippen molar-refractivity contribution in [2.24, 2.45) is 0 Å². The number of phenolic OH excluding ortho intramolecular Hbond substituents is 1. The molecule has 0 aliphatic carbocycles. The number of amides is 1. The molecule has 1 fully saturated rings. The summed E-state index contributed by atoms with van der Waals surface area (Å²) in [6.45, 7) is 8.44. The molecule has 2 aromatic carbocycles. The molecule has 1 amide bonds. The van der Waals surface area contributed by atoms with Crippen molar-refractivity contribution in [1.82, 2.24) is 4.90 Å². The molecular formula is C25H29NO5. The van der Waals surface area contributed by atoms with Crippen molar-refractivity contribution in [3.05, 3.63) is 64.7 Å². The molecule has 1 aliphatic rings. The number of nitrogens with zero attached hydrogens (tertiary/aromatic N) is 1. The number of carbonyl (C=O) groups is 2. The summed E-state index contributed by atoms with van der Waals surface area (Å²) in [4.78, 5) is 27.3. The molecule has 2 aromatic rings. The van der Waals surface area contributed by atoms with Crippen molar-refractivity contribution in [2.75, 3.05) is 13.7 Å². The predicted octanol–water partition coefficient (Wildman–Crippen LogP) is 4.53. The summed E-state index contributed by atoms with van der Waals surface area (Å²) < 4.78 is 5.45. The lowest BCUT2D eigenvalue weighted by atomic mass is 9.85. The zero-order chi connectivity index (χ0) is 22.9. The Balaban J connectivity index is 2.27. The number of phenols is 1. The first-order valence-corrected chi connectivity index (χ1v) is 10.4. The maximum atomic E-state index is 13.0. The van der Waals surface area contributed by atoms with Crippen LogP contribution in [0.1, 0.15) is 56.8 Å². The Hall–Kier alpha value is -3.28. The summed E-state index contributed by atoms with van der Waals surface area (Å²) in [5.41, 5.74) is 1.80. The van der Waals surface area contributed by atoms with Crippen molar-refractivity contribution in [3.63, 3.8) is 0 Å². The molecule has 0 aromatic heterocycles. The minimum Gasteiger partial charge on any atom is -0.508 e. The van der Waals surface area contributed by atoms with Crippen LogP contribution >= 0.6 is 0 Å². The van der Waals surface area contributed by atoms with Gasteiger partial charge in [0.15, 0.2) is 0 Å². The maximum absolute atomic E-state index is 13.0. The molecule has 1 heterocycles. The number of aliphatic hydroxyl groups excluding tert-OH is 1. The van der Waals surface area contributed by atoms with Crippen LogP contribution in [-0.4, -0.2) is 40.5 Å². The first-order valence-electron chi connectivity index (χ1n) is 10.4. The number of methoxy groups -OCH3 is 1. The maximum Gasteiger partial charge on any atom is 0.295 e. The van der Waals surface area contributed by atoms with Gasteiger partial charge in [-0.15, -0.1) is 0 Å². The predicted molar refractivity (Wildman–Crippen MR) is 119 cm³/mol. The number of ether oxygens (including phenoxy) is 1. The smallest absolute Gasteiger partial charge is 0.295 e. The standard InChI is InChI=1S/C25H29NO5/c1-6-13-26-21(15-7-10-17(27)11-8-15)20(23(29)24(26)30)22(28)18-14-16(25(2,3)4)9-12-19(18)31-5/h7-12,14,21,27-28H,6,13H2,1-5H3/b22-20+. The highest BCUT2D eigenvalue weighted by Crippen LogP contribution is 2.42. The fourth-order valence-corrected chi connectivity index (χ4v) is 3.86. The third-order valence-corrected chi connectivity index (χ3v) is 5.53. The molecule has 1 unspecified atom stereocenters. The molecular weight excluding hydrogens is 394 g/mol. The van der Waals surface area contributed by atoms with Crippen LogP contribution in [0.5, 0.6) is 11.5 Å². The molecule has 6 heteroatoms. The monoisotopic (exact) mass is 423 g/mol. The van der Waals surface area contributed by atoms with E-state index >= 15 is 0 Å². The molecule has 0 saturated carbocycles. The van der Waals surface area contributed by atoms with Crippen LogP contribution < -0.4 is 4.74 Å². The van der Waals surface area contributed by atoms with Crippen molar-refractivity contribution in [2.45, 2.75) is 45.6 Å². The van der Waals surface area contributed by atoms with Gasteiger partial charge in [-0.25, -0.2) is 0 Å². The van der Waals surface area contributed by atoms with E-state index in [1.165, 1.54) is 24.1 Å². The number of hydrogen-bond acceptors (Lipinski definition) is 5. The van der Waals surface area contributed by atoms with Crippen LogP contribution in [0.3, 0.4) is 0 Å². The Morgan fingerprint density at radius 3 is 2.29 bits per heavy atom. The summed E-state index contributed by atoms with van der Waals surface area (Å²) in [6, 6.07) is 11.0. The van der Waals surface area contributed by atoms with Crippen molar-refractivity contribution in [3.8, 4) is 11.5 Å². The highest BCUT2D eigenvalue weighted by molar-refractivity contribution is 6.46. The summed E-state index contributed by atoms with van der Waals surface area (Å²) in [6.07, 6.45) is 0.657. The normalized spacial score (nSPS) is 18.5. The van der Waals surface area contributed by atoms with Crippen LogP contribution in [0.4, 0.5) is 0 Å². The molecule has 1 saturated heterocycles. The van der Waals surface area contributed by atoms with Gasteiger partial charge in [0.25, 0.3) is 11.7 Å². The number of benzene rings is 2. The summed E-state index contributed by atoms with van der Waals surface area (Å²) in [5, 5.41) is 21.0. The minimum atomic E-state index is -0.747. The molecule has 1 atom stereocenters. The van der Waals surface area contributed by atoms with E-state index in [9.17, 15) is 19.8 Å². The second kappa shape index (κ2) is 8.46. The van der Waals surface area contributed by atoms with Gasteiger partial charge in [-0.05, 0) is 47.2 Å². The Bertz CT molecular complexity index is 1030. The molecule has 3 rings (SSSR count). The summed E-state index contributed by atoms with van der Waals surface area (Å²) >= 11 is 0. The van der Waals surface area contributed by atoms with Crippen molar-refractivity contribution >= 4 is 17.4 Å². The zero-order valence-electron chi connectivity index (χ0n) is 18.6. The van der Waals surface area contributed by atoms with Crippen LogP contribution in [0.15, 0.2) is 48.0 Å². The van der Waals surface area contributed by atoms with Gasteiger partial charge in [0.2, 0.25) is 0 Å². The van der Waals surface area contributed by atoms with Gasteiger partial charge in [0.1, 0.15) is 17.3 Å². The highest BCUT2D eigenvalue weighted by atomic mass is 16.5. The average Bonchev–Trinajstić information content (AvgIpc) is 2.98. The Kier molecular flexibility index (Phi) is 6.11. The van der Waals surface area contributed by atoms with E-state index in [-0.39, 0.29) is 22.5 Å². The fraction of sp³-hybridized carbons (Fsp3) is 0.360. The lowest BCUT2D eigenvalue weighted by molar-refractivity contribution is -0.139. The van der Waals surface area contributed by atoms with E-state index in [1.807, 2.05) is 13.0 Å². The number of aliphatic hydroxyl groups is 1. The van der Waals surface area contributed by atoms with Crippen LogP contribution in [0, 0.1) is 0 Å². The SMILES string of the molecule is CCCN1C(=O)C(=O)/C(=C(/O)c2cc(C(C)(C)C)ccc2OC)C1c1ccc(O)cc1. The molecule has 164 valence electrons. The van der Waals surface area contributed by atoms with Gasteiger partial charge >= 0.3 is 0 Å². The topological polar surface area (TPSA) is 87.1 Å². The van der Waals surface area contributed by atoms with Gasteiger partial charge in [-0.3, -0.25) is 9.59 Å². The third-order valence-electron chi connectivity index (χ3n) is 5.53. The molecule has 0 radical (unpaired) electrons. The number of aromatic hydroxyl groups is 1. The van der Waals surface area contributed by atoms with Crippen LogP contribution in [0.2, 0.25) is 0 Å². The lowest BCUT2D eigenvalue weighted by Gasteiger charge is -2.25. The second-order valence-corrected chi connectivity index (χ2v) is 8.75. The molecule has 2 N–H and O–H groups in total. The molecule has 0 bridgehead atoms. The number of hydrogen-bond donors (Lipinski definition) is 2. The number of carbonyl (C=O) groups excluding carboxylic acids is 2. The van der Waals surface area contributed by atoms with E-state index < -0.39 is 17.7 Å². The number of likely N-dealkylation sites (tertiary alicyclic amines) is 1. The van der Waals surface area contributed by atoms with E-state index in [0.29, 0.717) is 29.8 Å². The summed E-state index contributed by atoms with van der Waals surface area (Å²) in [5.74, 6) is -1.15. The quantitative estimate of drug-likeness (QED) is 0.419. The second-order valence-electron chi connectivity index (χ2n) is 8.75. The largest absolute Gasteiger partial charge is 0.508 e. The van der Waals surface area contributed by atoms with Gasteiger partial charge < -0.3 is 19.8 Å². The van der Waals surface area contributed by atoms with Gasteiger partial charge in [-0.2, -0.15) is 0 Å². The Morgan fingerprint density at radius 2 is 1.74 bits per heavy atom. The van der Waals surface area contributed by atoms with Gasteiger partial charge in [-0.1, -0.05) is 45.9 Å².